The lowest BCUT2D eigenvalue weighted by Gasteiger charge is -2.24. The van der Waals surface area contributed by atoms with Gasteiger partial charge in [0.1, 0.15) is 11.3 Å². The molecule has 21 heavy (non-hydrogen) atoms. The molecule has 0 spiro atoms. The van der Waals surface area contributed by atoms with Crippen LogP contribution in [0.25, 0.3) is 0 Å². The van der Waals surface area contributed by atoms with E-state index in [9.17, 15) is 10.1 Å². The molecule has 4 nitrogen and oxygen atoms in total. The van der Waals surface area contributed by atoms with Crippen molar-refractivity contribution in [3.05, 3.63) is 27.7 Å². The van der Waals surface area contributed by atoms with E-state index in [4.69, 9.17) is 27.9 Å². The summed E-state index contributed by atoms with van der Waals surface area (Å²) in [5.41, 5.74) is -0.148. The summed E-state index contributed by atoms with van der Waals surface area (Å²) in [5.74, 6) is 0.0354. The molecule has 1 aromatic rings. The topological polar surface area (TPSA) is 62.1 Å². The fourth-order valence-corrected chi connectivity index (χ4v) is 2.23. The quantitative estimate of drug-likeness (QED) is 0.861. The average molecular weight is 329 g/mol. The number of hydrogen-bond acceptors (Lipinski definition) is 3. The number of carbonyl (C=O) groups is 1. The van der Waals surface area contributed by atoms with Gasteiger partial charge in [-0.2, -0.15) is 5.26 Å². The lowest BCUT2D eigenvalue weighted by atomic mass is 9.95. The first kappa shape index (κ1) is 17.6. The van der Waals surface area contributed by atoms with E-state index in [1.807, 2.05) is 13.8 Å². The van der Waals surface area contributed by atoms with Crippen molar-refractivity contribution in [1.82, 2.24) is 5.32 Å². The summed E-state index contributed by atoms with van der Waals surface area (Å²) < 4.78 is 5.40. The molecule has 1 N–H and O–H groups in total. The number of benzene rings is 1. The molecule has 0 unspecified atom stereocenters. The van der Waals surface area contributed by atoms with Crippen LogP contribution in [0.2, 0.25) is 10.0 Å². The van der Waals surface area contributed by atoms with Gasteiger partial charge in [-0.15, -0.1) is 0 Å². The van der Waals surface area contributed by atoms with Gasteiger partial charge >= 0.3 is 0 Å². The number of rotatable bonds is 6. The SMILES string of the molecule is CCC(C#N)(CC)NC(=O)COc1ccc(Cl)c(C)c1Cl. The minimum atomic E-state index is -0.847. The van der Waals surface area contributed by atoms with Crippen LogP contribution in [-0.4, -0.2) is 18.1 Å². The minimum absolute atomic E-state index is 0.204. The van der Waals surface area contributed by atoms with Gasteiger partial charge in [0, 0.05) is 5.02 Å². The monoisotopic (exact) mass is 328 g/mol. The number of carbonyl (C=O) groups excluding carboxylic acids is 1. The molecule has 0 heterocycles. The van der Waals surface area contributed by atoms with E-state index in [1.54, 1.807) is 19.1 Å². The second-order valence-electron chi connectivity index (χ2n) is 4.72. The number of nitrogens with one attached hydrogen (secondary N) is 1. The largest absolute Gasteiger partial charge is 0.482 e. The van der Waals surface area contributed by atoms with E-state index in [1.165, 1.54) is 0 Å². The van der Waals surface area contributed by atoms with Crippen molar-refractivity contribution in [2.24, 2.45) is 0 Å². The van der Waals surface area contributed by atoms with Gasteiger partial charge in [-0.25, -0.2) is 0 Å². The highest BCUT2D eigenvalue weighted by Gasteiger charge is 2.27. The zero-order valence-electron chi connectivity index (χ0n) is 12.3. The molecule has 0 bridgehead atoms. The van der Waals surface area contributed by atoms with E-state index < -0.39 is 5.54 Å². The Morgan fingerprint density at radius 1 is 1.38 bits per heavy atom. The fraction of sp³-hybridized carbons (Fsp3) is 0.467. The molecule has 114 valence electrons. The summed E-state index contributed by atoms with van der Waals surface area (Å²) in [7, 11) is 0. The van der Waals surface area contributed by atoms with Crippen LogP contribution in [0.5, 0.6) is 5.75 Å². The number of hydrogen-bond donors (Lipinski definition) is 1. The van der Waals surface area contributed by atoms with E-state index in [-0.39, 0.29) is 12.5 Å². The van der Waals surface area contributed by atoms with Crippen molar-refractivity contribution in [2.75, 3.05) is 6.61 Å². The van der Waals surface area contributed by atoms with Crippen molar-refractivity contribution in [3.63, 3.8) is 0 Å². The zero-order valence-corrected chi connectivity index (χ0v) is 13.8. The third kappa shape index (κ3) is 4.26. The van der Waals surface area contributed by atoms with Crippen LogP contribution >= 0.6 is 23.2 Å². The third-order valence-corrected chi connectivity index (χ3v) is 4.32. The Morgan fingerprint density at radius 3 is 2.52 bits per heavy atom. The van der Waals surface area contributed by atoms with Crippen molar-refractivity contribution < 1.29 is 9.53 Å². The number of ether oxygens (including phenoxy) is 1. The normalized spacial score (nSPS) is 10.9. The van der Waals surface area contributed by atoms with Crippen molar-refractivity contribution in [2.45, 2.75) is 39.2 Å². The molecule has 1 amide bonds. The summed E-state index contributed by atoms with van der Waals surface area (Å²) in [6.45, 7) is 5.28. The van der Waals surface area contributed by atoms with Gasteiger partial charge in [-0.3, -0.25) is 4.79 Å². The van der Waals surface area contributed by atoms with Gasteiger partial charge < -0.3 is 10.1 Å². The van der Waals surface area contributed by atoms with Crippen molar-refractivity contribution in [3.8, 4) is 11.8 Å². The first-order valence-electron chi connectivity index (χ1n) is 6.68. The number of nitrogens with zero attached hydrogens (tertiary/aromatic N) is 1. The van der Waals surface area contributed by atoms with Crippen molar-refractivity contribution >= 4 is 29.1 Å². The lowest BCUT2D eigenvalue weighted by Crippen LogP contribution is -2.48. The molecule has 6 heteroatoms. The Bertz CT molecular complexity index is 564. The van der Waals surface area contributed by atoms with Crippen LogP contribution < -0.4 is 10.1 Å². The first-order chi connectivity index (χ1) is 9.89. The minimum Gasteiger partial charge on any atom is -0.482 e. The summed E-state index contributed by atoms with van der Waals surface area (Å²) in [6, 6.07) is 5.41. The van der Waals surface area contributed by atoms with E-state index in [0.717, 1.165) is 0 Å². The van der Waals surface area contributed by atoms with Crippen LogP contribution in [0.1, 0.15) is 32.3 Å². The lowest BCUT2D eigenvalue weighted by molar-refractivity contribution is -0.124. The molecule has 0 fully saturated rings. The molecule has 0 saturated carbocycles. The molecule has 0 aliphatic carbocycles. The molecular weight excluding hydrogens is 311 g/mol. The van der Waals surface area contributed by atoms with E-state index in [2.05, 4.69) is 11.4 Å². The van der Waals surface area contributed by atoms with Crippen LogP contribution in [0.3, 0.4) is 0 Å². The Morgan fingerprint density at radius 2 is 2.00 bits per heavy atom. The average Bonchev–Trinajstić information content (AvgIpc) is 2.50. The maximum atomic E-state index is 11.9. The Kier molecular flexibility index (Phi) is 6.32. The van der Waals surface area contributed by atoms with E-state index in [0.29, 0.717) is 34.2 Å². The number of nitriles is 1. The Hall–Kier alpha value is -1.44. The molecule has 0 saturated heterocycles. The van der Waals surface area contributed by atoms with Crippen molar-refractivity contribution in [1.29, 1.82) is 5.26 Å². The number of amides is 1. The molecule has 0 aliphatic heterocycles. The predicted octanol–water partition coefficient (Wildman–Crippen LogP) is 3.88. The summed E-state index contributed by atoms with van der Waals surface area (Å²) in [5, 5.41) is 12.8. The van der Waals surface area contributed by atoms with Crippen LogP contribution in [0, 0.1) is 18.3 Å². The second-order valence-corrected chi connectivity index (χ2v) is 5.51. The highest BCUT2D eigenvalue weighted by molar-refractivity contribution is 6.36. The zero-order chi connectivity index (χ0) is 16.0. The number of halogens is 2. The maximum absolute atomic E-state index is 11.9. The van der Waals surface area contributed by atoms with E-state index >= 15 is 0 Å². The van der Waals surface area contributed by atoms with Crippen LogP contribution in [-0.2, 0) is 4.79 Å². The van der Waals surface area contributed by atoms with Gasteiger partial charge in [-0.1, -0.05) is 37.0 Å². The smallest absolute Gasteiger partial charge is 0.259 e. The Balaban J connectivity index is 2.70. The van der Waals surface area contributed by atoms with Gasteiger partial charge in [0.05, 0.1) is 11.1 Å². The fourth-order valence-electron chi connectivity index (χ4n) is 1.81. The standard InChI is InChI=1S/C15H18Cl2N2O2/c1-4-15(5-2,9-18)19-13(20)8-21-12-7-6-11(16)10(3)14(12)17/h6-7H,4-5,8H2,1-3H3,(H,19,20). The maximum Gasteiger partial charge on any atom is 0.259 e. The van der Waals surface area contributed by atoms with Gasteiger partial charge in [0.25, 0.3) is 5.91 Å². The molecule has 0 radical (unpaired) electrons. The highest BCUT2D eigenvalue weighted by atomic mass is 35.5. The summed E-state index contributed by atoms with van der Waals surface area (Å²) in [6.07, 6.45) is 1.07. The summed E-state index contributed by atoms with van der Waals surface area (Å²) >= 11 is 12.0. The van der Waals surface area contributed by atoms with Crippen LogP contribution in [0.15, 0.2) is 12.1 Å². The van der Waals surface area contributed by atoms with Gasteiger partial charge in [-0.05, 0) is 37.5 Å². The second kappa shape index (κ2) is 7.53. The highest BCUT2D eigenvalue weighted by Crippen LogP contribution is 2.32. The Labute approximate surface area is 135 Å². The molecule has 0 atom stereocenters. The van der Waals surface area contributed by atoms with Gasteiger partial charge in [0.2, 0.25) is 0 Å². The summed E-state index contributed by atoms with van der Waals surface area (Å²) in [4.78, 5) is 11.9. The first-order valence-corrected chi connectivity index (χ1v) is 7.44. The third-order valence-electron chi connectivity index (χ3n) is 3.44. The molecule has 1 aromatic carbocycles. The molecule has 0 aliphatic rings. The molecule has 0 aromatic heterocycles. The van der Waals surface area contributed by atoms with Crippen LogP contribution in [0.4, 0.5) is 0 Å². The van der Waals surface area contributed by atoms with Gasteiger partial charge in [0.15, 0.2) is 6.61 Å². The predicted molar refractivity (Wildman–Crippen MR) is 83.8 cm³/mol. The molecular formula is C15H18Cl2N2O2. The molecule has 1 rings (SSSR count).